The number of nitrogens with zero attached hydrogens (tertiary/aromatic N) is 1. The van der Waals surface area contributed by atoms with Gasteiger partial charge in [-0.15, -0.1) is 0 Å². The van der Waals surface area contributed by atoms with Crippen LogP contribution in [-0.4, -0.2) is 17.7 Å². The summed E-state index contributed by atoms with van der Waals surface area (Å²) in [6.45, 7) is 2.36. The summed E-state index contributed by atoms with van der Waals surface area (Å²) in [5.41, 5.74) is 0.409. The molecule has 0 bridgehead atoms. The lowest BCUT2D eigenvalue weighted by Gasteiger charge is -2.05. The molecule has 0 fully saturated rings. The van der Waals surface area contributed by atoms with Gasteiger partial charge in [0.1, 0.15) is 5.75 Å². The molecule has 0 atom stereocenters. The second-order valence-corrected chi connectivity index (χ2v) is 2.62. The Bertz CT molecular complexity index is 383. The summed E-state index contributed by atoms with van der Waals surface area (Å²) in [4.78, 5) is 14.7. The Hall–Kier alpha value is -1.51. The summed E-state index contributed by atoms with van der Waals surface area (Å²) in [7, 11) is 0. The van der Waals surface area contributed by atoms with Gasteiger partial charge in [-0.05, 0) is 31.3 Å². The highest BCUT2D eigenvalue weighted by Crippen LogP contribution is 2.18. The molecule has 0 saturated carbocycles. The van der Waals surface area contributed by atoms with Crippen molar-refractivity contribution in [3.05, 3.63) is 29.8 Å². The molecule has 0 radical (unpaired) electrons. The zero-order chi connectivity index (χ0) is 10.4. The molecule has 0 N–H and O–H groups in total. The van der Waals surface area contributed by atoms with E-state index in [4.69, 9.17) is 4.74 Å². The first kappa shape index (κ1) is 10.6. The van der Waals surface area contributed by atoms with Crippen molar-refractivity contribution in [1.29, 1.82) is 0 Å². The smallest absolute Gasteiger partial charge is 0.289 e. The van der Waals surface area contributed by atoms with Gasteiger partial charge in [-0.3, -0.25) is 4.79 Å². The Balaban J connectivity index is 3.05. The standard InChI is InChI=1S/C10H9NO2S/c1-2-13-9-6-4-3-5-8(9)10(12)11-7-14/h3-6H,2H2,1H3. The summed E-state index contributed by atoms with van der Waals surface area (Å²) in [5, 5.41) is 2.04. The number of para-hydroxylation sites is 1. The average Bonchev–Trinajstić information content (AvgIpc) is 2.19. The minimum Gasteiger partial charge on any atom is -0.493 e. The van der Waals surface area contributed by atoms with Gasteiger partial charge in [0, 0.05) is 0 Å². The molecule has 4 heteroatoms. The van der Waals surface area contributed by atoms with Crippen LogP contribution in [0.25, 0.3) is 0 Å². The Kier molecular flexibility index (Phi) is 3.98. The lowest BCUT2D eigenvalue weighted by atomic mass is 10.2. The highest BCUT2D eigenvalue weighted by atomic mass is 32.1. The van der Waals surface area contributed by atoms with Crippen molar-refractivity contribution in [3.63, 3.8) is 0 Å². The van der Waals surface area contributed by atoms with Crippen LogP contribution in [0, 0.1) is 0 Å². The maximum absolute atomic E-state index is 11.4. The number of aliphatic imine (C=N–C) groups is 1. The van der Waals surface area contributed by atoms with Gasteiger partial charge in [0.2, 0.25) is 0 Å². The molecule has 0 aliphatic rings. The summed E-state index contributed by atoms with van der Waals surface area (Å²) in [6, 6.07) is 6.90. The van der Waals surface area contributed by atoms with E-state index in [1.807, 2.05) is 12.1 Å². The van der Waals surface area contributed by atoms with Crippen molar-refractivity contribution in [2.45, 2.75) is 6.92 Å². The molecule has 72 valence electrons. The first-order valence-electron chi connectivity index (χ1n) is 4.13. The molecular weight excluding hydrogens is 198 g/mol. The van der Waals surface area contributed by atoms with E-state index in [9.17, 15) is 4.79 Å². The molecule has 0 heterocycles. The number of hydrogen-bond acceptors (Lipinski definition) is 3. The number of ether oxygens (including phenoxy) is 1. The molecular formula is C10H9NO2S. The number of hydrogen-bond donors (Lipinski definition) is 0. The number of rotatable bonds is 3. The van der Waals surface area contributed by atoms with Crippen LogP contribution in [0.4, 0.5) is 0 Å². The van der Waals surface area contributed by atoms with E-state index in [0.29, 0.717) is 17.9 Å². The van der Waals surface area contributed by atoms with E-state index in [1.54, 1.807) is 24.3 Å². The van der Waals surface area contributed by atoms with Crippen LogP contribution >= 0.6 is 12.2 Å². The molecule has 3 nitrogen and oxygen atoms in total. The van der Waals surface area contributed by atoms with E-state index in [-0.39, 0.29) is 0 Å². The third-order valence-corrected chi connectivity index (χ3v) is 1.66. The first-order valence-corrected chi connectivity index (χ1v) is 4.54. The Labute approximate surface area is 87.4 Å². The highest BCUT2D eigenvalue weighted by molar-refractivity contribution is 7.78. The van der Waals surface area contributed by atoms with E-state index in [0.717, 1.165) is 0 Å². The lowest BCUT2D eigenvalue weighted by molar-refractivity contribution is 0.1000. The van der Waals surface area contributed by atoms with Crippen molar-refractivity contribution in [2.24, 2.45) is 4.99 Å². The third kappa shape index (κ3) is 2.49. The van der Waals surface area contributed by atoms with Gasteiger partial charge in [0.25, 0.3) is 5.91 Å². The highest BCUT2D eigenvalue weighted by Gasteiger charge is 2.09. The Morgan fingerprint density at radius 2 is 2.29 bits per heavy atom. The number of isothiocyanates is 1. The van der Waals surface area contributed by atoms with Gasteiger partial charge < -0.3 is 4.74 Å². The summed E-state index contributed by atoms with van der Waals surface area (Å²) < 4.78 is 5.26. The molecule has 1 aromatic rings. The predicted octanol–water partition coefficient (Wildman–Crippen LogP) is 2.33. The molecule has 0 aliphatic carbocycles. The molecule has 0 aromatic heterocycles. The minimum absolute atomic E-state index is 0.409. The fourth-order valence-electron chi connectivity index (χ4n) is 1.03. The molecule has 1 aromatic carbocycles. The Morgan fingerprint density at radius 1 is 1.57 bits per heavy atom. The third-order valence-electron chi connectivity index (χ3n) is 1.56. The second-order valence-electron chi connectivity index (χ2n) is 2.44. The van der Waals surface area contributed by atoms with Crippen LogP contribution in [0.3, 0.4) is 0 Å². The largest absolute Gasteiger partial charge is 0.493 e. The number of amides is 1. The predicted molar refractivity (Wildman–Crippen MR) is 57.0 cm³/mol. The molecule has 1 amide bonds. The van der Waals surface area contributed by atoms with Crippen molar-refractivity contribution in [3.8, 4) is 5.75 Å². The zero-order valence-electron chi connectivity index (χ0n) is 7.69. The Morgan fingerprint density at radius 3 is 2.93 bits per heavy atom. The first-order chi connectivity index (χ1) is 6.79. The van der Waals surface area contributed by atoms with Gasteiger partial charge in [-0.1, -0.05) is 12.1 Å². The molecule has 0 spiro atoms. The van der Waals surface area contributed by atoms with Crippen molar-refractivity contribution in [2.75, 3.05) is 6.61 Å². The summed E-state index contributed by atoms with van der Waals surface area (Å²) in [5.74, 6) is 0.0954. The minimum atomic E-state index is -0.427. The number of carbonyl (C=O) groups excluding carboxylic acids is 1. The van der Waals surface area contributed by atoms with Gasteiger partial charge in [-0.25, -0.2) is 0 Å². The molecule has 0 aliphatic heterocycles. The fraction of sp³-hybridized carbons (Fsp3) is 0.200. The van der Waals surface area contributed by atoms with Crippen LogP contribution in [0.5, 0.6) is 5.75 Å². The normalized spacial score (nSPS) is 8.93. The van der Waals surface area contributed by atoms with E-state index in [1.165, 1.54) is 0 Å². The van der Waals surface area contributed by atoms with Crippen LogP contribution in [0.15, 0.2) is 29.3 Å². The number of carbonyl (C=O) groups is 1. The van der Waals surface area contributed by atoms with Crippen molar-refractivity contribution < 1.29 is 9.53 Å². The maximum Gasteiger partial charge on any atom is 0.289 e. The van der Waals surface area contributed by atoms with E-state index >= 15 is 0 Å². The molecule has 0 unspecified atom stereocenters. The van der Waals surface area contributed by atoms with E-state index < -0.39 is 5.91 Å². The topological polar surface area (TPSA) is 38.7 Å². The SMILES string of the molecule is CCOc1ccccc1C(=O)N=C=S. The van der Waals surface area contributed by atoms with Crippen LogP contribution in [-0.2, 0) is 0 Å². The lowest BCUT2D eigenvalue weighted by Crippen LogP contribution is -2.00. The van der Waals surface area contributed by atoms with Gasteiger partial charge in [0.05, 0.1) is 17.3 Å². The monoisotopic (exact) mass is 207 g/mol. The fourth-order valence-corrected chi connectivity index (χ4v) is 1.11. The van der Waals surface area contributed by atoms with Crippen molar-refractivity contribution >= 4 is 23.3 Å². The van der Waals surface area contributed by atoms with Crippen molar-refractivity contribution in [1.82, 2.24) is 0 Å². The van der Waals surface area contributed by atoms with Gasteiger partial charge >= 0.3 is 0 Å². The summed E-state index contributed by atoms with van der Waals surface area (Å²) in [6.07, 6.45) is 0. The quantitative estimate of drug-likeness (QED) is 0.564. The number of benzene rings is 1. The molecule has 0 saturated heterocycles. The van der Waals surface area contributed by atoms with Crippen LogP contribution in [0.1, 0.15) is 17.3 Å². The molecule has 14 heavy (non-hydrogen) atoms. The van der Waals surface area contributed by atoms with Crippen LogP contribution < -0.4 is 4.74 Å². The number of thiocarbonyl (C=S) groups is 1. The zero-order valence-corrected chi connectivity index (χ0v) is 8.50. The average molecular weight is 207 g/mol. The maximum atomic E-state index is 11.4. The van der Waals surface area contributed by atoms with Gasteiger partial charge in [-0.2, -0.15) is 4.99 Å². The summed E-state index contributed by atoms with van der Waals surface area (Å²) >= 11 is 4.36. The molecule has 1 rings (SSSR count). The van der Waals surface area contributed by atoms with E-state index in [2.05, 4.69) is 17.2 Å². The second kappa shape index (κ2) is 5.27. The van der Waals surface area contributed by atoms with Gasteiger partial charge in [0.15, 0.2) is 0 Å². The van der Waals surface area contributed by atoms with Crippen LogP contribution in [0.2, 0.25) is 0 Å².